The lowest BCUT2D eigenvalue weighted by molar-refractivity contribution is 0.586. The minimum Gasteiger partial charge on any atom is -0.223 e. The highest BCUT2D eigenvalue weighted by atomic mass is 32.2. The van der Waals surface area contributed by atoms with Gasteiger partial charge in [0.2, 0.25) is 0 Å². The molecule has 0 atom stereocenters. The number of rotatable bonds is 4. The number of hydrogen-bond acceptors (Lipinski definition) is 4. The summed E-state index contributed by atoms with van der Waals surface area (Å²) in [5.74, 6) is 0. The first-order valence-corrected chi connectivity index (χ1v) is 11.6. The van der Waals surface area contributed by atoms with Crippen molar-refractivity contribution in [1.29, 1.82) is 0 Å². The van der Waals surface area contributed by atoms with Crippen LogP contribution >= 0.6 is 0 Å². The van der Waals surface area contributed by atoms with E-state index in [1.54, 1.807) is 52.0 Å². The zero-order valence-electron chi connectivity index (χ0n) is 16.2. The van der Waals surface area contributed by atoms with Crippen LogP contribution in [0.25, 0.3) is 0 Å². The zero-order chi connectivity index (χ0) is 20.1. The molecule has 152 valence electrons. The van der Waals surface area contributed by atoms with Crippen molar-refractivity contribution in [3.8, 4) is 0 Å². The monoisotopic (exact) mass is 412 g/mol. The molecule has 0 aliphatic carbocycles. The first-order valence-electron chi connectivity index (χ1n) is 8.50. The van der Waals surface area contributed by atoms with Gasteiger partial charge in [0.25, 0.3) is 0 Å². The Morgan fingerprint density at radius 2 is 0.778 bits per heavy atom. The van der Waals surface area contributed by atoms with Gasteiger partial charge in [-0.3, -0.25) is 0 Å². The van der Waals surface area contributed by atoms with Gasteiger partial charge in [0.15, 0.2) is 19.7 Å². The smallest absolute Gasteiger partial charge is 0.180 e. The molecule has 0 N–H and O–H groups in total. The SMILES string of the molecule is C.Cc1ccc(S(=O)(=O)C(C)C)cc1.Cc1ccc(S(=O)(=O)C(C)C)cc1. The summed E-state index contributed by atoms with van der Waals surface area (Å²) >= 11 is 0. The van der Waals surface area contributed by atoms with Crippen LogP contribution in [0.1, 0.15) is 46.2 Å². The Balaban J connectivity index is 0.000000483. The summed E-state index contributed by atoms with van der Waals surface area (Å²) in [6.07, 6.45) is 0. The lowest BCUT2D eigenvalue weighted by atomic mass is 10.2. The van der Waals surface area contributed by atoms with E-state index in [2.05, 4.69) is 0 Å². The van der Waals surface area contributed by atoms with Gasteiger partial charge in [-0.2, -0.15) is 0 Å². The third kappa shape index (κ3) is 6.78. The molecule has 6 heteroatoms. The molecule has 0 aliphatic heterocycles. The molecule has 0 aliphatic rings. The van der Waals surface area contributed by atoms with Gasteiger partial charge in [0.05, 0.1) is 20.3 Å². The fourth-order valence-electron chi connectivity index (χ4n) is 2.00. The average Bonchev–Trinajstić information content (AvgIpc) is 2.56. The molecular formula is C21H32O4S2. The first-order chi connectivity index (χ1) is 11.9. The second-order valence-corrected chi connectivity index (χ2v) is 11.8. The molecule has 2 aromatic rings. The quantitative estimate of drug-likeness (QED) is 0.709. The Labute approximate surface area is 165 Å². The fourth-order valence-corrected chi connectivity index (χ4v) is 4.12. The molecule has 0 bridgehead atoms. The van der Waals surface area contributed by atoms with E-state index in [9.17, 15) is 16.8 Å². The Hall–Kier alpha value is -1.66. The van der Waals surface area contributed by atoms with Gasteiger partial charge >= 0.3 is 0 Å². The fraction of sp³-hybridized carbons (Fsp3) is 0.429. The molecule has 0 radical (unpaired) electrons. The van der Waals surface area contributed by atoms with Crippen molar-refractivity contribution >= 4 is 19.7 Å². The van der Waals surface area contributed by atoms with Gasteiger partial charge in [-0.25, -0.2) is 16.8 Å². The summed E-state index contributed by atoms with van der Waals surface area (Å²) in [6, 6.07) is 13.9. The minimum absolute atomic E-state index is 0. The summed E-state index contributed by atoms with van der Waals surface area (Å²) < 4.78 is 46.6. The Morgan fingerprint density at radius 1 is 0.556 bits per heavy atom. The predicted molar refractivity (Wildman–Crippen MR) is 114 cm³/mol. The lowest BCUT2D eigenvalue weighted by Gasteiger charge is -2.07. The normalized spacial score (nSPS) is 11.6. The number of sulfone groups is 2. The standard InChI is InChI=1S/2C10H14O2S.CH4/c2*1-8(2)13(11,12)10-6-4-9(3)5-7-10;/h2*4-8H,1-3H3;1H4. The molecule has 0 heterocycles. The molecule has 0 unspecified atom stereocenters. The van der Waals surface area contributed by atoms with E-state index in [4.69, 9.17) is 0 Å². The minimum atomic E-state index is -3.09. The molecule has 2 rings (SSSR count). The van der Waals surface area contributed by atoms with Gasteiger partial charge in [-0.15, -0.1) is 0 Å². The highest BCUT2D eigenvalue weighted by Crippen LogP contribution is 2.16. The third-order valence-corrected chi connectivity index (χ3v) is 8.28. The highest BCUT2D eigenvalue weighted by molar-refractivity contribution is 7.92. The van der Waals surface area contributed by atoms with Gasteiger partial charge in [0, 0.05) is 0 Å². The largest absolute Gasteiger partial charge is 0.223 e. The summed E-state index contributed by atoms with van der Waals surface area (Å²) in [4.78, 5) is 0.821. The van der Waals surface area contributed by atoms with E-state index in [0.717, 1.165) is 11.1 Å². The maximum absolute atomic E-state index is 11.6. The van der Waals surface area contributed by atoms with E-state index in [-0.39, 0.29) is 17.9 Å². The maximum Gasteiger partial charge on any atom is 0.180 e. The molecule has 0 saturated heterocycles. The summed E-state index contributed by atoms with van der Waals surface area (Å²) in [6.45, 7) is 10.6. The van der Waals surface area contributed by atoms with Crippen molar-refractivity contribution in [1.82, 2.24) is 0 Å². The van der Waals surface area contributed by atoms with Gasteiger partial charge in [-0.1, -0.05) is 42.8 Å². The van der Waals surface area contributed by atoms with Crippen LogP contribution in [0.3, 0.4) is 0 Å². The molecule has 4 nitrogen and oxygen atoms in total. The van der Waals surface area contributed by atoms with E-state index < -0.39 is 19.7 Å². The van der Waals surface area contributed by atoms with Gasteiger partial charge in [-0.05, 0) is 65.8 Å². The lowest BCUT2D eigenvalue weighted by Crippen LogP contribution is -2.13. The van der Waals surface area contributed by atoms with Crippen LogP contribution in [-0.4, -0.2) is 27.3 Å². The maximum atomic E-state index is 11.6. The zero-order valence-corrected chi connectivity index (χ0v) is 17.9. The van der Waals surface area contributed by atoms with Crippen LogP contribution in [0.5, 0.6) is 0 Å². The molecule has 0 amide bonds. The van der Waals surface area contributed by atoms with Crippen molar-refractivity contribution in [2.45, 2.75) is 69.3 Å². The first kappa shape index (κ1) is 25.3. The van der Waals surface area contributed by atoms with Gasteiger partial charge < -0.3 is 0 Å². The van der Waals surface area contributed by atoms with Crippen LogP contribution in [-0.2, 0) is 19.7 Å². The van der Waals surface area contributed by atoms with Crippen LogP contribution in [0.2, 0.25) is 0 Å². The van der Waals surface area contributed by atoms with Crippen molar-refractivity contribution in [3.63, 3.8) is 0 Å². The van der Waals surface area contributed by atoms with Crippen molar-refractivity contribution < 1.29 is 16.8 Å². The van der Waals surface area contributed by atoms with Crippen molar-refractivity contribution in [3.05, 3.63) is 59.7 Å². The summed E-state index contributed by atoms with van der Waals surface area (Å²) in [7, 11) is -6.19. The van der Waals surface area contributed by atoms with E-state index in [1.165, 1.54) is 0 Å². The Bertz CT molecular complexity index is 828. The Kier molecular flexibility index (Phi) is 9.42. The molecule has 0 saturated carbocycles. The van der Waals surface area contributed by atoms with E-state index in [1.807, 2.05) is 38.1 Å². The van der Waals surface area contributed by atoms with Crippen molar-refractivity contribution in [2.24, 2.45) is 0 Å². The number of benzene rings is 2. The molecular weight excluding hydrogens is 380 g/mol. The molecule has 27 heavy (non-hydrogen) atoms. The topological polar surface area (TPSA) is 68.3 Å². The molecule has 0 aromatic heterocycles. The van der Waals surface area contributed by atoms with E-state index in [0.29, 0.717) is 9.79 Å². The average molecular weight is 413 g/mol. The summed E-state index contributed by atoms with van der Waals surface area (Å²) in [5.41, 5.74) is 2.14. The van der Waals surface area contributed by atoms with E-state index >= 15 is 0 Å². The second kappa shape index (κ2) is 10.0. The predicted octanol–water partition coefficient (Wildman–Crippen LogP) is 4.99. The third-order valence-electron chi connectivity index (χ3n) is 3.94. The molecule has 0 fully saturated rings. The second-order valence-electron chi connectivity index (χ2n) is 6.81. The van der Waals surface area contributed by atoms with Crippen LogP contribution < -0.4 is 0 Å². The van der Waals surface area contributed by atoms with Crippen molar-refractivity contribution in [2.75, 3.05) is 0 Å². The Morgan fingerprint density at radius 3 is 0.963 bits per heavy atom. The highest BCUT2D eigenvalue weighted by Gasteiger charge is 2.18. The number of hydrogen-bond donors (Lipinski definition) is 0. The van der Waals surface area contributed by atoms with Crippen LogP contribution in [0.4, 0.5) is 0 Å². The van der Waals surface area contributed by atoms with Gasteiger partial charge in [0.1, 0.15) is 0 Å². The number of aryl methyl sites for hydroxylation is 2. The van der Waals surface area contributed by atoms with Crippen LogP contribution in [0.15, 0.2) is 58.3 Å². The van der Waals surface area contributed by atoms with Crippen LogP contribution in [0, 0.1) is 13.8 Å². The molecule has 2 aromatic carbocycles. The summed E-state index contributed by atoms with van der Waals surface area (Å²) in [5, 5.41) is -0.703. The molecule has 0 spiro atoms.